The molecule has 1 fully saturated rings. The molecule has 4 rings (SSSR count). The fourth-order valence-electron chi connectivity index (χ4n) is 4.58. The van der Waals surface area contributed by atoms with Crippen LogP contribution in [0.3, 0.4) is 0 Å². The third-order valence-electron chi connectivity index (χ3n) is 7.22. The smallest absolute Gasteiger partial charge is 0.295 e. The average molecular weight is 526 g/mol. The Hall–Kier alpha value is -3.21. The molecular weight excluding hydrogens is 490 g/mol. The van der Waals surface area contributed by atoms with E-state index in [1.807, 2.05) is 47.4 Å². The molecule has 1 aliphatic heterocycles. The number of nitrogens with zero attached hydrogens (tertiary/aromatic N) is 4. The molecule has 10 heteroatoms. The molecule has 1 aromatic heterocycles. The van der Waals surface area contributed by atoms with Gasteiger partial charge in [0.05, 0.1) is 22.8 Å². The van der Waals surface area contributed by atoms with Crippen molar-refractivity contribution in [3.63, 3.8) is 0 Å². The molecule has 1 amide bonds. The maximum Gasteiger partial charge on any atom is 0.295 e. The van der Waals surface area contributed by atoms with Gasteiger partial charge < -0.3 is 5.32 Å². The van der Waals surface area contributed by atoms with E-state index in [9.17, 15) is 18.0 Å². The summed E-state index contributed by atoms with van der Waals surface area (Å²) in [5, 5.41) is 2.78. The number of sulfonamides is 1. The summed E-state index contributed by atoms with van der Waals surface area (Å²) in [6.45, 7) is 7.56. The number of piperazine rings is 1. The fourth-order valence-corrected chi connectivity index (χ4v) is 6.00. The number of benzene rings is 2. The van der Waals surface area contributed by atoms with Gasteiger partial charge >= 0.3 is 0 Å². The molecule has 1 N–H and O–H groups in total. The second kappa shape index (κ2) is 11.0. The molecule has 3 aromatic rings. The first kappa shape index (κ1) is 26.8. The zero-order chi connectivity index (χ0) is 26.7. The molecule has 0 aliphatic carbocycles. The Morgan fingerprint density at radius 2 is 1.62 bits per heavy atom. The first-order valence-corrected chi connectivity index (χ1v) is 14.0. The highest BCUT2D eigenvalue weighted by atomic mass is 32.2. The first-order chi connectivity index (χ1) is 17.6. The van der Waals surface area contributed by atoms with Gasteiger partial charge in [-0.15, -0.1) is 0 Å². The highest BCUT2D eigenvalue weighted by Crippen LogP contribution is 2.23. The third kappa shape index (κ3) is 5.56. The molecule has 2 aromatic carbocycles. The lowest BCUT2D eigenvalue weighted by molar-refractivity contribution is -0.117. The molecule has 1 atom stereocenters. The third-order valence-corrected chi connectivity index (χ3v) is 9.13. The largest absolute Gasteiger partial charge is 0.319 e. The summed E-state index contributed by atoms with van der Waals surface area (Å²) in [5.41, 5.74) is 2.44. The zero-order valence-electron chi connectivity index (χ0n) is 21.8. The van der Waals surface area contributed by atoms with Crippen LogP contribution in [0.4, 0.5) is 5.69 Å². The van der Waals surface area contributed by atoms with E-state index in [-0.39, 0.29) is 23.7 Å². The van der Waals surface area contributed by atoms with Crippen LogP contribution in [0.25, 0.3) is 5.69 Å². The maximum atomic E-state index is 13.1. The van der Waals surface area contributed by atoms with Crippen LogP contribution in [-0.4, -0.2) is 65.6 Å². The minimum Gasteiger partial charge on any atom is -0.319 e. The second-order valence-electron chi connectivity index (χ2n) is 9.54. The zero-order valence-corrected chi connectivity index (χ0v) is 22.7. The Morgan fingerprint density at radius 3 is 2.22 bits per heavy atom. The Bertz CT molecular complexity index is 1400. The van der Waals surface area contributed by atoms with Crippen LogP contribution in [-0.2, 0) is 21.9 Å². The minimum atomic E-state index is -3.59. The van der Waals surface area contributed by atoms with Gasteiger partial charge in [-0.1, -0.05) is 44.2 Å². The molecule has 1 aliphatic rings. The number of rotatable bonds is 8. The van der Waals surface area contributed by atoms with Gasteiger partial charge in [-0.05, 0) is 49.1 Å². The monoisotopic (exact) mass is 525 g/mol. The highest BCUT2D eigenvalue weighted by Gasteiger charge is 2.29. The van der Waals surface area contributed by atoms with E-state index in [4.69, 9.17) is 0 Å². The van der Waals surface area contributed by atoms with Gasteiger partial charge in [0.2, 0.25) is 15.9 Å². The van der Waals surface area contributed by atoms with E-state index in [0.717, 1.165) is 12.0 Å². The molecule has 0 spiro atoms. The van der Waals surface area contributed by atoms with Gasteiger partial charge in [-0.25, -0.2) is 13.1 Å². The van der Waals surface area contributed by atoms with E-state index < -0.39 is 10.0 Å². The van der Waals surface area contributed by atoms with Crippen LogP contribution < -0.4 is 10.9 Å². The number of aromatic nitrogens is 2. The summed E-state index contributed by atoms with van der Waals surface area (Å²) >= 11 is 0. The lowest BCUT2D eigenvalue weighted by atomic mass is 9.99. The predicted molar refractivity (Wildman–Crippen MR) is 145 cm³/mol. The van der Waals surface area contributed by atoms with Gasteiger partial charge in [-0.2, -0.15) is 4.31 Å². The van der Waals surface area contributed by atoms with Crippen LogP contribution in [0.1, 0.15) is 37.4 Å². The normalized spacial score (nSPS) is 16.0. The van der Waals surface area contributed by atoms with E-state index in [0.29, 0.717) is 48.4 Å². The van der Waals surface area contributed by atoms with Crippen molar-refractivity contribution in [2.75, 3.05) is 38.0 Å². The van der Waals surface area contributed by atoms with Crippen molar-refractivity contribution in [3.8, 4) is 5.69 Å². The predicted octanol–water partition coefficient (Wildman–Crippen LogP) is 2.94. The number of hydrogen-bond donors (Lipinski definition) is 1. The summed E-state index contributed by atoms with van der Waals surface area (Å²) in [6, 6.07) is 16.4. The summed E-state index contributed by atoms with van der Waals surface area (Å²) < 4.78 is 31.0. The van der Waals surface area contributed by atoms with Crippen molar-refractivity contribution < 1.29 is 13.2 Å². The summed E-state index contributed by atoms with van der Waals surface area (Å²) in [7, 11) is -1.82. The second-order valence-corrected chi connectivity index (χ2v) is 11.5. The number of hydrogen-bond acceptors (Lipinski definition) is 5. The fraction of sp³-hybridized carbons (Fsp3) is 0.407. The molecule has 9 nitrogen and oxygen atoms in total. The van der Waals surface area contributed by atoms with Crippen LogP contribution >= 0.6 is 0 Å². The molecular formula is C27H35N5O4S. The molecule has 2 heterocycles. The van der Waals surface area contributed by atoms with Gasteiger partial charge in [-0.3, -0.25) is 19.2 Å². The molecule has 0 radical (unpaired) electrons. The van der Waals surface area contributed by atoms with E-state index in [1.54, 1.807) is 30.8 Å². The van der Waals surface area contributed by atoms with Gasteiger partial charge in [0.15, 0.2) is 0 Å². The minimum absolute atomic E-state index is 0.0800. The Kier molecular flexibility index (Phi) is 8.01. The summed E-state index contributed by atoms with van der Waals surface area (Å²) in [4.78, 5) is 28.1. The summed E-state index contributed by atoms with van der Waals surface area (Å²) in [6.07, 6.45) is 0.995. The SMILES string of the molecule is CC[C@@H](C)c1ccc(S(=O)(=O)N2CCN(CC(=O)Nc3c(C)n(C)n(-c4ccccc4)c3=O)CC2)cc1. The number of carbonyl (C=O) groups is 1. The Morgan fingerprint density at radius 1 is 1.00 bits per heavy atom. The van der Waals surface area contributed by atoms with E-state index in [1.165, 1.54) is 8.99 Å². The molecule has 0 saturated carbocycles. The molecule has 198 valence electrons. The van der Waals surface area contributed by atoms with Gasteiger partial charge in [0, 0.05) is 33.2 Å². The highest BCUT2D eigenvalue weighted by molar-refractivity contribution is 7.89. The van der Waals surface area contributed by atoms with Crippen molar-refractivity contribution in [2.24, 2.45) is 7.05 Å². The average Bonchev–Trinajstić information content (AvgIpc) is 3.11. The number of anilines is 1. The van der Waals surface area contributed by atoms with Crippen LogP contribution in [0.15, 0.2) is 64.3 Å². The summed E-state index contributed by atoms with van der Waals surface area (Å²) in [5.74, 6) is 0.0790. The lowest BCUT2D eigenvalue weighted by Gasteiger charge is -2.33. The number of nitrogens with one attached hydrogen (secondary N) is 1. The lowest BCUT2D eigenvalue weighted by Crippen LogP contribution is -2.50. The topological polar surface area (TPSA) is 96.7 Å². The molecule has 1 saturated heterocycles. The quantitative estimate of drug-likeness (QED) is 0.488. The van der Waals surface area contributed by atoms with Crippen molar-refractivity contribution >= 4 is 21.6 Å². The maximum absolute atomic E-state index is 13.1. The van der Waals surface area contributed by atoms with Crippen molar-refractivity contribution in [1.82, 2.24) is 18.6 Å². The first-order valence-electron chi connectivity index (χ1n) is 12.6. The van der Waals surface area contributed by atoms with Crippen LogP contribution in [0, 0.1) is 6.92 Å². The molecule has 0 bridgehead atoms. The molecule has 37 heavy (non-hydrogen) atoms. The Balaban J connectivity index is 1.37. The molecule has 0 unspecified atom stereocenters. The standard InChI is InChI=1S/C27H35N5O4S/c1-5-20(2)22-11-13-24(14-12-22)37(35,36)31-17-15-30(16-18-31)19-25(33)28-26-21(3)29(4)32(27(26)34)23-9-7-6-8-10-23/h6-14,20H,5,15-19H2,1-4H3,(H,28,33)/t20-/m1/s1. The van der Waals surface area contributed by atoms with E-state index >= 15 is 0 Å². The van der Waals surface area contributed by atoms with Crippen molar-refractivity contribution in [3.05, 3.63) is 76.2 Å². The van der Waals surface area contributed by atoms with Gasteiger partial charge in [0.25, 0.3) is 5.56 Å². The number of amides is 1. The van der Waals surface area contributed by atoms with Crippen molar-refractivity contribution in [2.45, 2.75) is 38.0 Å². The Labute approximate surface area is 218 Å². The number of para-hydroxylation sites is 1. The van der Waals surface area contributed by atoms with Crippen LogP contribution in [0.2, 0.25) is 0 Å². The van der Waals surface area contributed by atoms with E-state index in [2.05, 4.69) is 19.2 Å². The number of carbonyl (C=O) groups excluding carboxylic acids is 1. The van der Waals surface area contributed by atoms with Crippen LogP contribution in [0.5, 0.6) is 0 Å². The van der Waals surface area contributed by atoms with Crippen molar-refractivity contribution in [1.29, 1.82) is 0 Å². The van der Waals surface area contributed by atoms with Gasteiger partial charge in [0.1, 0.15) is 5.69 Å².